The predicted octanol–water partition coefficient (Wildman–Crippen LogP) is 0.860. The van der Waals surface area contributed by atoms with Crippen LogP contribution in [0.2, 0.25) is 0 Å². The normalized spacial score (nSPS) is 10.8. The van der Waals surface area contributed by atoms with Crippen molar-refractivity contribution in [3.63, 3.8) is 0 Å². The standard InChI is InChI=1S/C17H19N5O5S/c1-26-10-3-4-13(27-2)12(7-10)19-14(24)9-28-17-20-15-11(16(25)21-17)8-18-22(15)5-6-23/h3-4,7-8,23H,5-6,9H2,1-2H3,(H,19,24)(H,20,21,25). The van der Waals surface area contributed by atoms with E-state index in [1.54, 1.807) is 18.2 Å². The van der Waals surface area contributed by atoms with Gasteiger partial charge in [0, 0.05) is 6.07 Å². The topological polar surface area (TPSA) is 131 Å². The smallest absolute Gasteiger partial charge is 0.262 e. The van der Waals surface area contributed by atoms with Crippen LogP contribution in [0.5, 0.6) is 11.5 Å². The van der Waals surface area contributed by atoms with Crippen LogP contribution in [0.4, 0.5) is 5.69 Å². The fraction of sp³-hybridized carbons (Fsp3) is 0.294. The van der Waals surface area contributed by atoms with Crippen LogP contribution in [0.15, 0.2) is 34.3 Å². The molecule has 0 bridgehead atoms. The van der Waals surface area contributed by atoms with Crippen molar-refractivity contribution in [2.45, 2.75) is 11.7 Å². The van der Waals surface area contributed by atoms with E-state index >= 15 is 0 Å². The molecule has 0 fully saturated rings. The molecule has 0 aliphatic heterocycles. The lowest BCUT2D eigenvalue weighted by molar-refractivity contribution is -0.113. The molecular weight excluding hydrogens is 386 g/mol. The van der Waals surface area contributed by atoms with Gasteiger partial charge in [-0.3, -0.25) is 9.59 Å². The van der Waals surface area contributed by atoms with Crippen molar-refractivity contribution in [3.05, 3.63) is 34.7 Å². The Kier molecular flexibility index (Phi) is 6.16. The first kappa shape index (κ1) is 19.7. The van der Waals surface area contributed by atoms with Gasteiger partial charge in [0.2, 0.25) is 5.91 Å². The van der Waals surface area contributed by atoms with Crippen molar-refractivity contribution >= 4 is 34.4 Å². The summed E-state index contributed by atoms with van der Waals surface area (Å²) in [5.74, 6) is 0.795. The summed E-state index contributed by atoms with van der Waals surface area (Å²) in [5.41, 5.74) is 0.479. The van der Waals surface area contributed by atoms with Crippen LogP contribution >= 0.6 is 11.8 Å². The van der Waals surface area contributed by atoms with E-state index in [2.05, 4.69) is 20.4 Å². The molecule has 3 rings (SSSR count). The van der Waals surface area contributed by atoms with Gasteiger partial charge in [0.15, 0.2) is 10.8 Å². The maximum Gasteiger partial charge on any atom is 0.262 e. The van der Waals surface area contributed by atoms with Gasteiger partial charge >= 0.3 is 0 Å². The van der Waals surface area contributed by atoms with Crippen molar-refractivity contribution in [2.75, 3.05) is 31.9 Å². The minimum atomic E-state index is -0.355. The molecule has 0 unspecified atom stereocenters. The number of hydrogen-bond acceptors (Lipinski definition) is 8. The van der Waals surface area contributed by atoms with Crippen molar-refractivity contribution in [2.24, 2.45) is 0 Å². The van der Waals surface area contributed by atoms with E-state index in [-0.39, 0.29) is 35.5 Å². The zero-order chi connectivity index (χ0) is 20.1. The van der Waals surface area contributed by atoms with Crippen LogP contribution in [-0.2, 0) is 11.3 Å². The largest absolute Gasteiger partial charge is 0.497 e. The Labute approximate surface area is 163 Å². The van der Waals surface area contributed by atoms with Crippen LogP contribution in [0.3, 0.4) is 0 Å². The number of aromatic amines is 1. The molecule has 0 saturated heterocycles. The molecule has 0 atom stereocenters. The Balaban J connectivity index is 1.73. The number of aromatic nitrogens is 4. The highest BCUT2D eigenvalue weighted by Crippen LogP contribution is 2.29. The molecule has 28 heavy (non-hydrogen) atoms. The van der Waals surface area contributed by atoms with E-state index in [1.807, 2.05) is 0 Å². The Bertz CT molecular complexity index is 1050. The predicted molar refractivity (Wildman–Crippen MR) is 104 cm³/mol. The first-order valence-electron chi connectivity index (χ1n) is 8.27. The molecule has 2 aromatic heterocycles. The zero-order valence-corrected chi connectivity index (χ0v) is 16.1. The SMILES string of the molecule is COc1ccc(OC)c(NC(=O)CSc2nc3c(cnn3CCO)c(=O)[nH]2)c1. The number of methoxy groups -OCH3 is 2. The van der Waals surface area contributed by atoms with Gasteiger partial charge in [-0.2, -0.15) is 5.10 Å². The summed E-state index contributed by atoms with van der Waals surface area (Å²) >= 11 is 1.08. The number of nitrogens with zero attached hydrogens (tertiary/aromatic N) is 3. The molecule has 0 aliphatic carbocycles. The highest BCUT2D eigenvalue weighted by Gasteiger charge is 2.13. The van der Waals surface area contributed by atoms with Gasteiger partial charge in [-0.1, -0.05) is 11.8 Å². The van der Waals surface area contributed by atoms with Crippen LogP contribution in [0, 0.1) is 0 Å². The van der Waals surface area contributed by atoms with Crippen molar-refractivity contribution in [1.29, 1.82) is 0 Å². The first-order chi connectivity index (χ1) is 13.5. The van der Waals surface area contributed by atoms with Crippen molar-refractivity contribution in [3.8, 4) is 11.5 Å². The maximum absolute atomic E-state index is 12.3. The lowest BCUT2D eigenvalue weighted by Crippen LogP contribution is -2.16. The minimum Gasteiger partial charge on any atom is -0.497 e. The van der Waals surface area contributed by atoms with Crippen LogP contribution in [0.25, 0.3) is 11.0 Å². The first-order valence-corrected chi connectivity index (χ1v) is 9.25. The molecule has 3 N–H and O–H groups in total. The van der Waals surface area contributed by atoms with E-state index in [4.69, 9.17) is 14.6 Å². The number of anilines is 1. The third-order valence-corrected chi connectivity index (χ3v) is 4.69. The lowest BCUT2D eigenvalue weighted by Gasteiger charge is -2.11. The van der Waals surface area contributed by atoms with Crippen LogP contribution in [0.1, 0.15) is 0 Å². The number of H-pyrrole nitrogens is 1. The number of carbonyl (C=O) groups excluding carboxylic acids is 1. The van der Waals surface area contributed by atoms with Crippen molar-refractivity contribution < 1.29 is 19.4 Å². The number of rotatable bonds is 8. The van der Waals surface area contributed by atoms with E-state index in [1.165, 1.54) is 25.1 Å². The second-order valence-corrected chi connectivity index (χ2v) is 6.57. The molecule has 0 saturated carbocycles. The monoisotopic (exact) mass is 405 g/mol. The maximum atomic E-state index is 12.3. The fourth-order valence-electron chi connectivity index (χ4n) is 2.50. The molecule has 0 aliphatic rings. The molecular formula is C17H19N5O5S. The number of amides is 1. The summed E-state index contributed by atoms with van der Waals surface area (Å²) in [4.78, 5) is 31.4. The van der Waals surface area contributed by atoms with Gasteiger partial charge in [0.25, 0.3) is 5.56 Å². The number of fused-ring (bicyclic) bond motifs is 1. The molecule has 0 spiro atoms. The van der Waals surface area contributed by atoms with Gasteiger partial charge in [-0.15, -0.1) is 0 Å². The fourth-order valence-corrected chi connectivity index (χ4v) is 3.16. The van der Waals surface area contributed by atoms with E-state index in [9.17, 15) is 9.59 Å². The summed E-state index contributed by atoms with van der Waals surface area (Å²) in [5, 5.41) is 16.5. The van der Waals surface area contributed by atoms with E-state index < -0.39 is 0 Å². The van der Waals surface area contributed by atoms with Gasteiger partial charge in [0.05, 0.1) is 45.0 Å². The molecule has 10 nitrogen and oxygen atoms in total. The van der Waals surface area contributed by atoms with Gasteiger partial charge in [0.1, 0.15) is 16.9 Å². The third-order valence-electron chi connectivity index (χ3n) is 3.82. The Morgan fingerprint density at radius 2 is 2.18 bits per heavy atom. The summed E-state index contributed by atoms with van der Waals surface area (Å²) in [7, 11) is 3.04. The molecule has 11 heteroatoms. The number of ether oxygens (including phenoxy) is 2. The molecule has 3 aromatic rings. The second kappa shape index (κ2) is 8.76. The Hall–Kier alpha value is -3.05. The number of carbonyl (C=O) groups is 1. The number of aliphatic hydroxyl groups is 1. The number of thioether (sulfide) groups is 1. The Morgan fingerprint density at radius 1 is 1.36 bits per heavy atom. The number of benzene rings is 1. The van der Waals surface area contributed by atoms with Crippen molar-refractivity contribution in [1.82, 2.24) is 19.7 Å². The molecule has 2 heterocycles. The van der Waals surface area contributed by atoms with Gasteiger partial charge < -0.3 is 24.9 Å². The molecule has 1 amide bonds. The van der Waals surface area contributed by atoms with E-state index in [0.29, 0.717) is 28.2 Å². The zero-order valence-electron chi connectivity index (χ0n) is 15.3. The second-order valence-electron chi connectivity index (χ2n) is 5.60. The summed E-state index contributed by atoms with van der Waals surface area (Å²) in [6.07, 6.45) is 1.40. The highest BCUT2D eigenvalue weighted by atomic mass is 32.2. The average Bonchev–Trinajstić information content (AvgIpc) is 3.10. The minimum absolute atomic E-state index is 0.0168. The summed E-state index contributed by atoms with van der Waals surface area (Å²) < 4.78 is 11.8. The average molecular weight is 405 g/mol. The van der Waals surface area contributed by atoms with Crippen LogP contribution in [-0.4, -0.2) is 57.3 Å². The van der Waals surface area contributed by atoms with E-state index in [0.717, 1.165) is 11.8 Å². The lowest BCUT2D eigenvalue weighted by atomic mass is 10.2. The number of nitrogens with one attached hydrogen (secondary N) is 2. The Morgan fingerprint density at radius 3 is 2.89 bits per heavy atom. The number of aliphatic hydroxyl groups excluding tert-OH is 1. The van der Waals surface area contributed by atoms with Crippen LogP contribution < -0.4 is 20.3 Å². The summed E-state index contributed by atoms with van der Waals surface area (Å²) in [6, 6.07) is 5.07. The summed E-state index contributed by atoms with van der Waals surface area (Å²) in [6.45, 7) is 0.0959. The van der Waals surface area contributed by atoms with Gasteiger partial charge in [-0.25, -0.2) is 9.67 Å². The van der Waals surface area contributed by atoms with Gasteiger partial charge in [-0.05, 0) is 12.1 Å². The number of hydrogen-bond donors (Lipinski definition) is 3. The highest BCUT2D eigenvalue weighted by molar-refractivity contribution is 7.99. The molecule has 1 aromatic carbocycles. The quantitative estimate of drug-likeness (QED) is 0.371. The molecule has 0 radical (unpaired) electrons. The molecule has 148 valence electrons. The third kappa shape index (κ3) is 4.26.